The normalized spacial score (nSPS) is 21.7. The molecule has 3 rings (SSSR count). The maximum Gasteiger partial charge on any atom is 0.0354 e. The van der Waals surface area contributed by atoms with Crippen LogP contribution in [0.1, 0.15) is 69.2 Å². The van der Waals surface area contributed by atoms with Gasteiger partial charge in [0.2, 0.25) is 0 Å². The first kappa shape index (κ1) is 15.8. The highest BCUT2D eigenvalue weighted by molar-refractivity contribution is 5.44. The number of aryl methyl sites for hydroxylation is 1. The molecule has 2 aliphatic rings. The van der Waals surface area contributed by atoms with E-state index in [1.807, 2.05) is 0 Å². The van der Waals surface area contributed by atoms with E-state index in [9.17, 15) is 0 Å². The largest absolute Gasteiger partial charge is 0.292 e. The second-order valence-corrected chi connectivity index (χ2v) is 7.04. The summed E-state index contributed by atoms with van der Waals surface area (Å²) in [5.74, 6) is 0. The van der Waals surface area contributed by atoms with Crippen molar-refractivity contribution < 1.29 is 0 Å². The van der Waals surface area contributed by atoms with Gasteiger partial charge in [-0.2, -0.15) is 0 Å². The van der Waals surface area contributed by atoms with E-state index in [4.69, 9.17) is 0 Å². The van der Waals surface area contributed by atoms with Crippen LogP contribution in [-0.2, 0) is 25.8 Å². The van der Waals surface area contributed by atoms with Crippen LogP contribution >= 0.6 is 0 Å². The molecule has 0 fully saturated rings. The van der Waals surface area contributed by atoms with Gasteiger partial charge in [-0.05, 0) is 61.3 Å². The molecule has 0 radical (unpaired) electrons. The van der Waals surface area contributed by atoms with Crippen molar-refractivity contribution in [2.24, 2.45) is 0 Å². The predicted octanol–water partition coefficient (Wildman–Crippen LogP) is 5.06. The van der Waals surface area contributed by atoms with Crippen LogP contribution in [0.4, 0.5) is 0 Å². The van der Waals surface area contributed by atoms with E-state index in [1.54, 1.807) is 33.4 Å². The minimum absolute atomic E-state index is 0.679. The average molecular weight is 297 g/mol. The summed E-state index contributed by atoms with van der Waals surface area (Å²) >= 11 is 0. The zero-order valence-electron chi connectivity index (χ0n) is 14.8. The van der Waals surface area contributed by atoms with Gasteiger partial charge in [0.1, 0.15) is 0 Å². The topological polar surface area (TPSA) is 3.24 Å². The van der Waals surface area contributed by atoms with E-state index in [-0.39, 0.29) is 0 Å². The van der Waals surface area contributed by atoms with Gasteiger partial charge >= 0.3 is 0 Å². The first-order valence-electron chi connectivity index (χ1n) is 9.24. The van der Waals surface area contributed by atoms with Gasteiger partial charge < -0.3 is 0 Å². The van der Waals surface area contributed by atoms with Gasteiger partial charge in [-0.25, -0.2) is 0 Å². The standard InChI is InChI=1S/C21H31N/c1-5-8-19-15(4)11-12-22-14-20-17(13-21(19)22)10-9-16(6-2)18(20)7-3/h9-10,21H,5-8,11-14H2,1-4H3/t21-/m0/s1. The van der Waals surface area contributed by atoms with Crippen LogP contribution in [-0.4, -0.2) is 17.5 Å². The van der Waals surface area contributed by atoms with E-state index in [0.717, 1.165) is 0 Å². The fourth-order valence-electron chi connectivity index (χ4n) is 4.58. The van der Waals surface area contributed by atoms with Crippen LogP contribution < -0.4 is 0 Å². The highest BCUT2D eigenvalue weighted by atomic mass is 15.2. The quantitative estimate of drug-likeness (QED) is 0.702. The zero-order chi connectivity index (χ0) is 15.7. The van der Waals surface area contributed by atoms with Crippen molar-refractivity contribution in [1.82, 2.24) is 4.90 Å². The van der Waals surface area contributed by atoms with Crippen LogP contribution in [0.3, 0.4) is 0 Å². The van der Waals surface area contributed by atoms with E-state index < -0.39 is 0 Å². The maximum absolute atomic E-state index is 2.76. The summed E-state index contributed by atoms with van der Waals surface area (Å²) in [6.45, 7) is 11.7. The van der Waals surface area contributed by atoms with E-state index >= 15 is 0 Å². The third-order valence-corrected chi connectivity index (χ3v) is 5.82. The van der Waals surface area contributed by atoms with Gasteiger partial charge in [0.25, 0.3) is 0 Å². The Labute approximate surface area is 136 Å². The van der Waals surface area contributed by atoms with Crippen molar-refractivity contribution in [1.29, 1.82) is 0 Å². The first-order valence-corrected chi connectivity index (χ1v) is 9.24. The number of benzene rings is 1. The molecular weight excluding hydrogens is 266 g/mol. The lowest BCUT2D eigenvalue weighted by atomic mass is 9.80. The summed E-state index contributed by atoms with van der Waals surface area (Å²) in [5, 5.41) is 0. The minimum Gasteiger partial charge on any atom is -0.292 e. The molecule has 0 spiro atoms. The third kappa shape index (κ3) is 2.65. The van der Waals surface area contributed by atoms with Gasteiger partial charge in [0.15, 0.2) is 0 Å². The van der Waals surface area contributed by atoms with Crippen molar-refractivity contribution in [3.05, 3.63) is 45.5 Å². The highest BCUT2D eigenvalue weighted by Gasteiger charge is 2.33. The molecule has 1 nitrogen and oxygen atoms in total. The Hall–Kier alpha value is -1.08. The molecule has 1 heteroatoms. The Morgan fingerprint density at radius 3 is 2.64 bits per heavy atom. The molecule has 2 heterocycles. The second-order valence-electron chi connectivity index (χ2n) is 7.04. The van der Waals surface area contributed by atoms with Crippen molar-refractivity contribution >= 4 is 0 Å². The number of hydrogen-bond donors (Lipinski definition) is 0. The minimum atomic E-state index is 0.679. The lowest BCUT2D eigenvalue weighted by Crippen LogP contribution is -2.45. The first-order chi connectivity index (χ1) is 10.7. The highest BCUT2D eigenvalue weighted by Crippen LogP contribution is 2.36. The van der Waals surface area contributed by atoms with Crippen LogP contribution in [0, 0.1) is 0 Å². The summed E-state index contributed by atoms with van der Waals surface area (Å²) in [5.41, 5.74) is 9.91. The van der Waals surface area contributed by atoms with E-state index in [0.29, 0.717) is 6.04 Å². The smallest absolute Gasteiger partial charge is 0.0354 e. The van der Waals surface area contributed by atoms with Crippen molar-refractivity contribution in [2.75, 3.05) is 6.54 Å². The molecular formula is C21H31N. The molecule has 0 bridgehead atoms. The van der Waals surface area contributed by atoms with E-state index in [1.165, 1.54) is 51.6 Å². The third-order valence-electron chi connectivity index (χ3n) is 5.82. The molecule has 0 unspecified atom stereocenters. The maximum atomic E-state index is 2.76. The molecule has 0 saturated carbocycles. The molecule has 0 aromatic heterocycles. The van der Waals surface area contributed by atoms with Gasteiger partial charge in [-0.3, -0.25) is 4.90 Å². The Balaban J connectivity index is 1.99. The molecule has 2 aliphatic heterocycles. The molecule has 120 valence electrons. The summed E-state index contributed by atoms with van der Waals surface area (Å²) in [4.78, 5) is 2.76. The van der Waals surface area contributed by atoms with Crippen LogP contribution in [0.2, 0.25) is 0 Å². The predicted molar refractivity (Wildman–Crippen MR) is 95.3 cm³/mol. The number of rotatable bonds is 4. The van der Waals surface area contributed by atoms with Crippen molar-refractivity contribution in [2.45, 2.75) is 78.8 Å². The summed E-state index contributed by atoms with van der Waals surface area (Å²) < 4.78 is 0. The van der Waals surface area contributed by atoms with Crippen molar-refractivity contribution in [3.8, 4) is 0 Å². The fraction of sp³-hybridized carbons (Fsp3) is 0.619. The lowest BCUT2D eigenvalue weighted by Gasteiger charge is -2.43. The second kappa shape index (κ2) is 6.58. The SMILES string of the molecule is CCCC1=C(C)CCN2Cc3c(ccc(CC)c3CC)C[C@@H]12. The van der Waals surface area contributed by atoms with Gasteiger partial charge in [0, 0.05) is 19.1 Å². The molecule has 0 saturated heterocycles. The Bertz CT molecular complexity index is 582. The summed E-state index contributed by atoms with van der Waals surface area (Å²) in [7, 11) is 0. The molecule has 22 heavy (non-hydrogen) atoms. The monoisotopic (exact) mass is 297 g/mol. The number of hydrogen-bond acceptors (Lipinski definition) is 1. The Morgan fingerprint density at radius 2 is 1.95 bits per heavy atom. The van der Waals surface area contributed by atoms with Crippen LogP contribution in [0.25, 0.3) is 0 Å². The lowest BCUT2D eigenvalue weighted by molar-refractivity contribution is 0.180. The number of fused-ring (bicyclic) bond motifs is 2. The van der Waals surface area contributed by atoms with Crippen LogP contribution in [0.15, 0.2) is 23.3 Å². The molecule has 1 aromatic carbocycles. The van der Waals surface area contributed by atoms with Crippen LogP contribution in [0.5, 0.6) is 0 Å². The molecule has 0 amide bonds. The zero-order valence-corrected chi connectivity index (χ0v) is 14.8. The molecule has 1 aromatic rings. The molecule has 1 atom stereocenters. The van der Waals surface area contributed by atoms with Gasteiger partial charge in [-0.1, -0.05) is 50.5 Å². The summed E-state index contributed by atoms with van der Waals surface area (Å²) in [6, 6.07) is 5.50. The Morgan fingerprint density at radius 1 is 1.14 bits per heavy atom. The fourth-order valence-corrected chi connectivity index (χ4v) is 4.58. The average Bonchev–Trinajstić information content (AvgIpc) is 2.55. The number of nitrogens with zero attached hydrogens (tertiary/aromatic N) is 1. The van der Waals surface area contributed by atoms with E-state index in [2.05, 4.69) is 44.7 Å². The van der Waals surface area contributed by atoms with Gasteiger partial charge in [-0.15, -0.1) is 0 Å². The molecule has 0 N–H and O–H groups in total. The summed E-state index contributed by atoms with van der Waals surface area (Å²) in [6.07, 6.45) is 7.42. The van der Waals surface area contributed by atoms with Crippen molar-refractivity contribution in [3.63, 3.8) is 0 Å². The molecule has 0 aliphatic carbocycles. The Kier molecular flexibility index (Phi) is 4.73. The van der Waals surface area contributed by atoms with Gasteiger partial charge in [0.05, 0.1) is 0 Å².